The van der Waals surface area contributed by atoms with E-state index in [1.165, 1.54) is 32.6 Å². The summed E-state index contributed by atoms with van der Waals surface area (Å²) in [7, 11) is 0.529. The van der Waals surface area contributed by atoms with E-state index < -0.39 is 22.5 Å². The maximum absolute atomic E-state index is 13.4. The highest BCUT2D eigenvalue weighted by atomic mass is 32.2. The van der Waals surface area contributed by atoms with Crippen LogP contribution in [-0.2, 0) is 14.8 Å². The standard InChI is InChI=1S/C25H27N3O6S/c1-18-5-13-23(14-6-18)35(30,31)28(20-8-11-21(32-2)12-9-20)17-25(29)27-26-16-19-7-10-22(33-3)15-24(19)34-4/h5-16H,17H2,1-4H3,(H,27,29)/b26-16+. The molecule has 0 saturated carbocycles. The molecule has 3 aromatic rings. The number of anilines is 1. The Morgan fingerprint density at radius 2 is 1.54 bits per heavy atom. The summed E-state index contributed by atoms with van der Waals surface area (Å²) in [4.78, 5) is 12.8. The zero-order chi connectivity index (χ0) is 25.4. The lowest BCUT2D eigenvalue weighted by Gasteiger charge is -2.24. The van der Waals surface area contributed by atoms with Crippen LogP contribution in [0.4, 0.5) is 5.69 Å². The number of sulfonamides is 1. The molecule has 9 nitrogen and oxygen atoms in total. The van der Waals surface area contributed by atoms with E-state index in [0.717, 1.165) is 9.87 Å². The minimum atomic E-state index is -4.04. The fourth-order valence-electron chi connectivity index (χ4n) is 3.17. The Balaban J connectivity index is 1.84. The molecule has 0 bridgehead atoms. The molecule has 0 aromatic heterocycles. The Labute approximate surface area is 205 Å². The highest BCUT2D eigenvalue weighted by molar-refractivity contribution is 7.92. The summed E-state index contributed by atoms with van der Waals surface area (Å²) in [5.74, 6) is 1.05. The van der Waals surface area contributed by atoms with Gasteiger partial charge in [-0.1, -0.05) is 17.7 Å². The fourth-order valence-corrected chi connectivity index (χ4v) is 4.59. The van der Waals surface area contributed by atoms with E-state index in [2.05, 4.69) is 10.5 Å². The summed E-state index contributed by atoms with van der Waals surface area (Å²) in [6.45, 7) is 1.38. The molecule has 0 saturated heterocycles. The minimum absolute atomic E-state index is 0.0678. The predicted octanol–water partition coefficient (Wildman–Crippen LogP) is 3.37. The molecule has 0 heterocycles. The molecule has 0 aliphatic heterocycles. The topological polar surface area (TPSA) is 107 Å². The van der Waals surface area contributed by atoms with Crippen molar-refractivity contribution < 1.29 is 27.4 Å². The van der Waals surface area contributed by atoms with Gasteiger partial charge in [-0.3, -0.25) is 9.10 Å². The number of carbonyl (C=O) groups excluding carboxylic acids is 1. The summed E-state index contributed by atoms with van der Waals surface area (Å²) in [5.41, 5.74) is 4.21. The number of nitrogens with zero attached hydrogens (tertiary/aromatic N) is 2. The third kappa shape index (κ3) is 6.30. The Bertz CT molecular complexity index is 1290. The molecular formula is C25H27N3O6S. The van der Waals surface area contributed by atoms with E-state index >= 15 is 0 Å². The van der Waals surface area contributed by atoms with E-state index in [4.69, 9.17) is 14.2 Å². The number of nitrogens with one attached hydrogen (secondary N) is 1. The van der Waals surface area contributed by atoms with Gasteiger partial charge >= 0.3 is 0 Å². The SMILES string of the molecule is COc1ccc(N(CC(=O)N/N=C/c2ccc(OC)cc2OC)S(=O)(=O)c2ccc(C)cc2)cc1. The minimum Gasteiger partial charge on any atom is -0.497 e. The van der Waals surface area contributed by atoms with Gasteiger partial charge in [-0.25, -0.2) is 13.8 Å². The first kappa shape index (κ1) is 25.6. The first-order valence-corrected chi connectivity index (χ1v) is 12.0. The van der Waals surface area contributed by atoms with Crippen LogP contribution in [0, 0.1) is 6.92 Å². The highest BCUT2D eigenvalue weighted by Crippen LogP contribution is 2.26. The first-order valence-electron chi connectivity index (χ1n) is 10.6. The van der Waals surface area contributed by atoms with Crippen molar-refractivity contribution in [3.8, 4) is 17.2 Å². The van der Waals surface area contributed by atoms with Crippen molar-refractivity contribution in [1.82, 2.24) is 5.43 Å². The molecule has 0 spiro atoms. The van der Waals surface area contributed by atoms with Gasteiger partial charge in [-0.15, -0.1) is 0 Å². The van der Waals surface area contributed by atoms with Gasteiger partial charge in [0.05, 0.1) is 38.1 Å². The van der Waals surface area contributed by atoms with Crippen LogP contribution in [0.1, 0.15) is 11.1 Å². The summed E-state index contributed by atoms with van der Waals surface area (Å²) < 4.78 is 43.5. The third-order valence-corrected chi connectivity index (χ3v) is 6.88. The van der Waals surface area contributed by atoms with E-state index in [1.807, 2.05) is 6.92 Å². The summed E-state index contributed by atoms with van der Waals surface area (Å²) >= 11 is 0. The summed E-state index contributed by atoms with van der Waals surface area (Å²) in [6.07, 6.45) is 1.41. The molecule has 35 heavy (non-hydrogen) atoms. The van der Waals surface area contributed by atoms with Gasteiger partial charge in [-0.2, -0.15) is 5.10 Å². The molecule has 0 radical (unpaired) electrons. The lowest BCUT2D eigenvalue weighted by molar-refractivity contribution is -0.119. The molecule has 184 valence electrons. The normalized spacial score (nSPS) is 11.2. The molecule has 0 aliphatic rings. The number of hydrazone groups is 1. The van der Waals surface area contributed by atoms with E-state index in [-0.39, 0.29) is 4.90 Å². The Morgan fingerprint density at radius 1 is 0.914 bits per heavy atom. The van der Waals surface area contributed by atoms with Crippen molar-refractivity contribution >= 4 is 27.8 Å². The second-order valence-electron chi connectivity index (χ2n) is 7.42. The van der Waals surface area contributed by atoms with Gasteiger partial charge in [0.1, 0.15) is 23.8 Å². The van der Waals surface area contributed by atoms with Crippen LogP contribution in [0.15, 0.2) is 76.7 Å². The number of benzene rings is 3. The van der Waals surface area contributed by atoms with Gasteiger partial charge in [0.15, 0.2) is 0 Å². The van der Waals surface area contributed by atoms with Crippen molar-refractivity contribution in [2.45, 2.75) is 11.8 Å². The lowest BCUT2D eigenvalue weighted by Crippen LogP contribution is -2.39. The summed E-state index contributed by atoms with van der Waals surface area (Å²) in [6, 6.07) is 17.9. The quantitative estimate of drug-likeness (QED) is 0.340. The molecular weight excluding hydrogens is 470 g/mol. The maximum Gasteiger partial charge on any atom is 0.264 e. The van der Waals surface area contributed by atoms with Crippen molar-refractivity contribution in [1.29, 1.82) is 0 Å². The number of carbonyl (C=O) groups is 1. The van der Waals surface area contributed by atoms with Gasteiger partial charge in [0, 0.05) is 11.6 Å². The van der Waals surface area contributed by atoms with Crippen molar-refractivity contribution in [2.24, 2.45) is 5.10 Å². The van der Waals surface area contributed by atoms with Gasteiger partial charge < -0.3 is 14.2 Å². The number of ether oxygens (including phenoxy) is 3. The van der Waals surface area contributed by atoms with Crippen LogP contribution in [0.5, 0.6) is 17.2 Å². The van der Waals surface area contributed by atoms with Crippen molar-refractivity contribution in [3.63, 3.8) is 0 Å². The zero-order valence-corrected chi connectivity index (χ0v) is 20.7. The Kier molecular flexibility index (Phi) is 8.32. The highest BCUT2D eigenvalue weighted by Gasteiger charge is 2.27. The second kappa shape index (κ2) is 11.4. The number of hydrogen-bond donors (Lipinski definition) is 1. The number of methoxy groups -OCH3 is 3. The average molecular weight is 498 g/mol. The second-order valence-corrected chi connectivity index (χ2v) is 9.29. The molecule has 1 N–H and O–H groups in total. The van der Waals surface area contributed by atoms with Crippen LogP contribution in [0.3, 0.4) is 0 Å². The van der Waals surface area contributed by atoms with Crippen LogP contribution in [0.25, 0.3) is 0 Å². The van der Waals surface area contributed by atoms with Crippen molar-refractivity contribution in [2.75, 3.05) is 32.2 Å². The van der Waals surface area contributed by atoms with Gasteiger partial charge in [0.2, 0.25) is 0 Å². The Hall–Kier alpha value is -4.05. The van der Waals surface area contributed by atoms with E-state index in [0.29, 0.717) is 28.5 Å². The molecule has 3 rings (SSSR count). The number of hydrogen-bond acceptors (Lipinski definition) is 7. The third-order valence-electron chi connectivity index (χ3n) is 5.09. The smallest absolute Gasteiger partial charge is 0.264 e. The molecule has 0 aliphatic carbocycles. The molecule has 10 heteroatoms. The molecule has 0 fully saturated rings. The van der Waals surface area contributed by atoms with Crippen LogP contribution in [-0.4, -0.2) is 48.4 Å². The number of rotatable bonds is 10. The molecule has 3 aromatic carbocycles. The lowest BCUT2D eigenvalue weighted by atomic mass is 10.2. The van der Waals surface area contributed by atoms with Crippen LogP contribution in [0.2, 0.25) is 0 Å². The van der Waals surface area contributed by atoms with Crippen molar-refractivity contribution in [3.05, 3.63) is 77.9 Å². The van der Waals surface area contributed by atoms with Gasteiger partial charge in [-0.05, 0) is 55.5 Å². The van der Waals surface area contributed by atoms with Crippen LogP contribution < -0.4 is 23.9 Å². The largest absolute Gasteiger partial charge is 0.497 e. The van der Waals surface area contributed by atoms with E-state index in [1.54, 1.807) is 61.7 Å². The molecule has 0 unspecified atom stereocenters. The maximum atomic E-state index is 13.4. The number of amides is 1. The average Bonchev–Trinajstić information content (AvgIpc) is 2.87. The monoisotopic (exact) mass is 497 g/mol. The van der Waals surface area contributed by atoms with Gasteiger partial charge in [0.25, 0.3) is 15.9 Å². The molecule has 1 amide bonds. The zero-order valence-electron chi connectivity index (χ0n) is 19.9. The summed E-state index contributed by atoms with van der Waals surface area (Å²) in [5, 5.41) is 3.96. The van der Waals surface area contributed by atoms with Crippen LogP contribution >= 0.6 is 0 Å². The fraction of sp³-hybridized carbons (Fsp3) is 0.200. The number of aryl methyl sites for hydroxylation is 1. The van der Waals surface area contributed by atoms with E-state index in [9.17, 15) is 13.2 Å². The predicted molar refractivity (Wildman–Crippen MR) is 134 cm³/mol. The first-order chi connectivity index (χ1) is 16.8. The molecule has 0 atom stereocenters. The Morgan fingerprint density at radius 3 is 2.14 bits per heavy atom.